The van der Waals surface area contributed by atoms with Gasteiger partial charge in [0.1, 0.15) is 6.04 Å². The van der Waals surface area contributed by atoms with Gasteiger partial charge in [0, 0.05) is 31.4 Å². The van der Waals surface area contributed by atoms with Crippen molar-refractivity contribution in [1.82, 2.24) is 4.90 Å². The van der Waals surface area contributed by atoms with Gasteiger partial charge < -0.3 is 10.0 Å². The van der Waals surface area contributed by atoms with Crippen molar-refractivity contribution in [2.24, 2.45) is 0 Å². The number of fused-ring (bicyclic) bond motifs is 1. The van der Waals surface area contributed by atoms with Crippen molar-refractivity contribution >= 4 is 17.7 Å². The van der Waals surface area contributed by atoms with Crippen LogP contribution in [0, 0.1) is 0 Å². The Bertz CT molecular complexity index is 857. The zero-order valence-electron chi connectivity index (χ0n) is 15.4. The third-order valence-electron chi connectivity index (χ3n) is 5.10. The molecule has 1 aliphatic rings. The van der Waals surface area contributed by atoms with Gasteiger partial charge in [-0.3, -0.25) is 9.59 Å². The van der Waals surface area contributed by atoms with E-state index in [2.05, 4.69) is 0 Å². The summed E-state index contributed by atoms with van der Waals surface area (Å²) in [5.41, 5.74) is 3.66. The SMILES string of the molecule is CCc1ccc(C(=O)CCC(=O)N2Cc3ccccc3CC2C(=O)O)cc1. The summed E-state index contributed by atoms with van der Waals surface area (Å²) in [6.45, 7) is 2.32. The predicted molar refractivity (Wildman–Crippen MR) is 102 cm³/mol. The smallest absolute Gasteiger partial charge is 0.326 e. The molecule has 0 bridgehead atoms. The number of carbonyl (C=O) groups is 3. The Labute approximate surface area is 158 Å². The Kier molecular flexibility index (Phi) is 5.69. The predicted octanol–water partition coefficient (Wildman–Crippen LogP) is 3.25. The Morgan fingerprint density at radius 1 is 1.00 bits per heavy atom. The molecule has 1 amide bonds. The summed E-state index contributed by atoms with van der Waals surface area (Å²) >= 11 is 0. The minimum Gasteiger partial charge on any atom is -0.480 e. The average Bonchev–Trinajstić information content (AvgIpc) is 2.70. The van der Waals surface area contributed by atoms with E-state index >= 15 is 0 Å². The van der Waals surface area contributed by atoms with Crippen molar-refractivity contribution in [2.45, 2.75) is 45.2 Å². The first-order chi connectivity index (χ1) is 13.0. The number of Topliss-reactive ketones (excluding diaryl/α,β-unsaturated/α-hetero) is 1. The van der Waals surface area contributed by atoms with E-state index in [1.165, 1.54) is 4.90 Å². The van der Waals surface area contributed by atoms with Crippen LogP contribution in [-0.2, 0) is 29.0 Å². The van der Waals surface area contributed by atoms with Crippen LogP contribution >= 0.6 is 0 Å². The molecule has 0 spiro atoms. The monoisotopic (exact) mass is 365 g/mol. The van der Waals surface area contributed by atoms with E-state index in [9.17, 15) is 19.5 Å². The number of carboxylic acids is 1. The van der Waals surface area contributed by atoms with Crippen molar-refractivity contribution in [1.29, 1.82) is 0 Å². The van der Waals surface area contributed by atoms with E-state index in [-0.39, 0.29) is 31.1 Å². The maximum atomic E-state index is 12.7. The molecule has 0 saturated heterocycles. The molecule has 5 nitrogen and oxygen atoms in total. The topological polar surface area (TPSA) is 74.7 Å². The highest BCUT2D eigenvalue weighted by Gasteiger charge is 2.34. The molecule has 27 heavy (non-hydrogen) atoms. The lowest BCUT2D eigenvalue weighted by molar-refractivity contribution is -0.151. The molecule has 0 aliphatic carbocycles. The van der Waals surface area contributed by atoms with Crippen LogP contribution in [0.4, 0.5) is 0 Å². The van der Waals surface area contributed by atoms with Crippen LogP contribution in [0.2, 0.25) is 0 Å². The summed E-state index contributed by atoms with van der Waals surface area (Å²) in [6.07, 6.45) is 1.29. The molecule has 140 valence electrons. The number of hydrogen-bond acceptors (Lipinski definition) is 3. The molecule has 2 aromatic carbocycles. The molecule has 0 fully saturated rings. The lowest BCUT2D eigenvalue weighted by Crippen LogP contribution is -2.48. The van der Waals surface area contributed by atoms with Gasteiger partial charge in [-0.25, -0.2) is 4.79 Å². The number of benzene rings is 2. The van der Waals surface area contributed by atoms with Crippen LogP contribution in [0.15, 0.2) is 48.5 Å². The van der Waals surface area contributed by atoms with Crippen LogP contribution < -0.4 is 0 Å². The fraction of sp³-hybridized carbons (Fsp3) is 0.318. The average molecular weight is 365 g/mol. The number of amides is 1. The van der Waals surface area contributed by atoms with Gasteiger partial charge in [-0.05, 0) is 23.1 Å². The van der Waals surface area contributed by atoms with Crippen LogP contribution in [0.1, 0.15) is 46.8 Å². The minimum atomic E-state index is -1.01. The standard InChI is InChI=1S/C22H23NO4/c1-2-15-7-9-16(10-8-15)20(24)11-12-21(25)23-14-18-6-4-3-5-17(18)13-19(23)22(26)27/h3-10,19H,2,11-14H2,1H3,(H,26,27). The maximum Gasteiger partial charge on any atom is 0.326 e. The fourth-order valence-corrected chi connectivity index (χ4v) is 3.44. The fourth-order valence-electron chi connectivity index (χ4n) is 3.44. The second-order valence-electron chi connectivity index (χ2n) is 6.82. The maximum absolute atomic E-state index is 12.7. The third-order valence-corrected chi connectivity index (χ3v) is 5.10. The van der Waals surface area contributed by atoms with Crippen molar-refractivity contribution in [3.8, 4) is 0 Å². The first kappa shape index (κ1) is 18.8. The zero-order chi connectivity index (χ0) is 19.4. The van der Waals surface area contributed by atoms with E-state index in [4.69, 9.17) is 0 Å². The lowest BCUT2D eigenvalue weighted by atomic mass is 9.93. The first-order valence-corrected chi connectivity index (χ1v) is 9.20. The van der Waals surface area contributed by atoms with Crippen molar-refractivity contribution in [2.75, 3.05) is 0 Å². The number of nitrogens with zero attached hydrogens (tertiary/aromatic N) is 1. The molecule has 2 aromatic rings. The summed E-state index contributed by atoms with van der Waals surface area (Å²) in [5, 5.41) is 9.53. The van der Waals surface area contributed by atoms with E-state index in [0.717, 1.165) is 23.1 Å². The summed E-state index contributed by atoms with van der Waals surface area (Å²) in [4.78, 5) is 38.1. The number of aliphatic carboxylic acids is 1. The molecular formula is C22H23NO4. The van der Waals surface area contributed by atoms with E-state index in [1.54, 1.807) is 12.1 Å². The number of carbonyl (C=O) groups excluding carboxylic acids is 2. The number of carboxylic acid groups (broad SMARTS) is 1. The van der Waals surface area contributed by atoms with Gasteiger partial charge in [-0.15, -0.1) is 0 Å². The van der Waals surface area contributed by atoms with Crippen molar-refractivity contribution in [3.63, 3.8) is 0 Å². The van der Waals surface area contributed by atoms with Gasteiger partial charge in [0.05, 0.1) is 0 Å². The second-order valence-corrected chi connectivity index (χ2v) is 6.82. The highest BCUT2D eigenvalue weighted by atomic mass is 16.4. The lowest BCUT2D eigenvalue weighted by Gasteiger charge is -2.34. The third kappa shape index (κ3) is 4.25. The van der Waals surface area contributed by atoms with E-state index in [1.807, 2.05) is 43.3 Å². The highest BCUT2D eigenvalue weighted by Crippen LogP contribution is 2.24. The normalized spacial score (nSPS) is 15.9. The Balaban J connectivity index is 1.67. The molecule has 5 heteroatoms. The van der Waals surface area contributed by atoms with Crippen molar-refractivity contribution in [3.05, 3.63) is 70.8 Å². The molecule has 0 aromatic heterocycles. The highest BCUT2D eigenvalue weighted by molar-refractivity contribution is 5.98. The molecule has 1 atom stereocenters. The summed E-state index contributed by atoms with van der Waals surface area (Å²) in [6, 6.07) is 14.1. The molecule has 1 unspecified atom stereocenters. The largest absolute Gasteiger partial charge is 0.480 e. The summed E-state index contributed by atoms with van der Waals surface area (Å²) in [5.74, 6) is -1.41. The first-order valence-electron chi connectivity index (χ1n) is 9.20. The van der Waals surface area contributed by atoms with Crippen LogP contribution in [0.3, 0.4) is 0 Å². The molecule has 1 heterocycles. The van der Waals surface area contributed by atoms with Gasteiger partial charge in [0.15, 0.2) is 5.78 Å². The second kappa shape index (κ2) is 8.16. The summed E-state index contributed by atoms with van der Waals surface area (Å²) < 4.78 is 0. The van der Waals surface area contributed by atoms with Crippen LogP contribution in [0.5, 0.6) is 0 Å². The minimum absolute atomic E-state index is 0.0142. The van der Waals surface area contributed by atoms with E-state index in [0.29, 0.717) is 12.0 Å². The quantitative estimate of drug-likeness (QED) is 0.798. The molecule has 1 N–H and O–H groups in total. The Hall–Kier alpha value is -2.95. The van der Waals surface area contributed by atoms with Gasteiger partial charge in [-0.1, -0.05) is 55.5 Å². The summed E-state index contributed by atoms with van der Waals surface area (Å²) in [7, 11) is 0. The zero-order valence-corrected chi connectivity index (χ0v) is 15.4. The molecular weight excluding hydrogens is 342 g/mol. The number of hydrogen-bond donors (Lipinski definition) is 1. The van der Waals surface area contributed by atoms with Crippen LogP contribution in [-0.4, -0.2) is 33.7 Å². The Morgan fingerprint density at radius 3 is 2.30 bits per heavy atom. The number of aryl methyl sites for hydroxylation is 1. The number of ketones is 1. The molecule has 0 radical (unpaired) electrons. The van der Waals surface area contributed by atoms with Crippen molar-refractivity contribution < 1.29 is 19.5 Å². The van der Waals surface area contributed by atoms with Gasteiger partial charge in [0.2, 0.25) is 5.91 Å². The molecule has 1 aliphatic heterocycles. The van der Waals surface area contributed by atoms with Gasteiger partial charge >= 0.3 is 5.97 Å². The van der Waals surface area contributed by atoms with Gasteiger partial charge in [0.25, 0.3) is 0 Å². The Morgan fingerprint density at radius 2 is 1.67 bits per heavy atom. The van der Waals surface area contributed by atoms with Crippen LogP contribution in [0.25, 0.3) is 0 Å². The van der Waals surface area contributed by atoms with E-state index < -0.39 is 12.0 Å². The molecule has 3 rings (SSSR count). The van der Waals surface area contributed by atoms with Gasteiger partial charge in [-0.2, -0.15) is 0 Å². The number of rotatable bonds is 6. The molecule has 0 saturated carbocycles.